The van der Waals surface area contributed by atoms with Gasteiger partial charge in [-0.05, 0) is 42.0 Å². The summed E-state index contributed by atoms with van der Waals surface area (Å²) in [5.41, 5.74) is 1.47. The third-order valence-electron chi connectivity index (χ3n) is 3.20. The maximum Gasteiger partial charge on any atom is -0.0152 e. The van der Waals surface area contributed by atoms with Crippen molar-refractivity contribution in [3.05, 3.63) is 60.7 Å². The van der Waals surface area contributed by atoms with Crippen LogP contribution in [0.5, 0.6) is 0 Å². The van der Waals surface area contributed by atoms with E-state index >= 15 is 0 Å². The molecule has 0 heterocycles. The molecule has 0 aliphatic carbocycles. The molecule has 0 nitrogen and oxygen atoms in total. The van der Waals surface area contributed by atoms with Crippen molar-refractivity contribution in [3.63, 3.8) is 0 Å². The van der Waals surface area contributed by atoms with Gasteiger partial charge in [-0.15, -0.1) is 0 Å². The van der Waals surface area contributed by atoms with Crippen LogP contribution >= 0.6 is 0 Å². The van der Waals surface area contributed by atoms with Gasteiger partial charge in [0.05, 0.1) is 0 Å². The lowest BCUT2D eigenvalue weighted by Gasteiger charge is -2.06. The highest BCUT2D eigenvalue weighted by molar-refractivity contribution is 5.85. The summed E-state index contributed by atoms with van der Waals surface area (Å²) >= 11 is 0. The molecule has 0 spiro atoms. The van der Waals surface area contributed by atoms with E-state index in [2.05, 4.69) is 42.5 Å². The van der Waals surface area contributed by atoms with Crippen LogP contribution in [-0.2, 0) is 6.42 Å². The summed E-state index contributed by atoms with van der Waals surface area (Å²) in [6.07, 6.45) is 7.69. The minimum absolute atomic E-state index is 1.04. The van der Waals surface area contributed by atoms with E-state index in [0.717, 1.165) is 6.42 Å². The Hall–Kier alpha value is -1.56. The van der Waals surface area contributed by atoms with E-state index < -0.39 is 0 Å². The fraction of sp³-hybridized carbons (Fsp3) is 0.294. The van der Waals surface area contributed by atoms with E-state index in [1.54, 1.807) is 6.08 Å². The first-order valence-electron chi connectivity index (χ1n) is 6.42. The van der Waals surface area contributed by atoms with Gasteiger partial charge in [0.2, 0.25) is 0 Å². The highest BCUT2D eigenvalue weighted by Gasteiger charge is 1.99. The van der Waals surface area contributed by atoms with Gasteiger partial charge >= 0.3 is 0 Å². The van der Waals surface area contributed by atoms with Crippen LogP contribution in [0.3, 0.4) is 0 Å². The molecular formula is C17H19. The monoisotopic (exact) mass is 223 g/mol. The van der Waals surface area contributed by atoms with Gasteiger partial charge in [-0.1, -0.05) is 61.5 Å². The van der Waals surface area contributed by atoms with Crippen LogP contribution in [0, 0.1) is 6.58 Å². The normalized spacial score (nSPS) is 10.6. The van der Waals surface area contributed by atoms with Crippen molar-refractivity contribution in [2.75, 3.05) is 0 Å². The molecule has 0 N–H and O–H groups in total. The van der Waals surface area contributed by atoms with Gasteiger partial charge < -0.3 is 0 Å². The fourth-order valence-electron chi connectivity index (χ4n) is 2.26. The Labute approximate surface area is 104 Å². The first-order valence-corrected chi connectivity index (χ1v) is 6.42. The number of aryl methyl sites for hydroxylation is 1. The zero-order valence-electron chi connectivity index (χ0n) is 10.2. The number of benzene rings is 2. The Kier molecular flexibility index (Phi) is 4.37. The van der Waals surface area contributed by atoms with Crippen LogP contribution in [-0.4, -0.2) is 0 Å². The molecule has 0 aliphatic rings. The minimum Gasteiger partial charge on any atom is -0.0845 e. The zero-order valence-corrected chi connectivity index (χ0v) is 10.2. The lowest BCUT2D eigenvalue weighted by molar-refractivity contribution is 0.689. The lowest BCUT2D eigenvalue weighted by atomic mass is 9.99. The second-order valence-corrected chi connectivity index (χ2v) is 4.47. The van der Waals surface area contributed by atoms with Crippen molar-refractivity contribution in [2.45, 2.75) is 32.1 Å². The van der Waals surface area contributed by atoms with Crippen LogP contribution in [0.25, 0.3) is 10.8 Å². The van der Waals surface area contributed by atoms with Crippen LogP contribution in [0.2, 0.25) is 0 Å². The van der Waals surface area contributed by atoms with Gasteiger partial charge in [0.25, 0.3) is 0 Å². The fourth-order valence-corrected chi connectivity index (χ4v) is 2.26. The first kappa shape index (κ1) is 11.9. The molecule has 0 atom stereocenters. The Bertz CT molecular complexity index is 477. The average molecular weight is 223 g/mol. The Morgan fingerprint density at radius 2 is 1.71 bits per heavy atom. The third-order valence-corrected chi connectivity index (χ3v) is 3.20. The summed E-state index contributed by atoms with van der Waals surface area (Å²) in [6, 6.07) is 15.2. The number of allylic oxidation sites excluding steroid dienone is 1. The molecule has 0 amide bonds. The number of unbranched alkanes of at least 4 members (excludes halogenated alkanes) is 3. The maximum atomic E-state index is 5.37. The smallest absolute Gasteiger partial charge is 0.0152 e. The SMILES string of the molecule is [CH]=CCCCCCc1cccc2ccccc12. The summed E-state index contributed by atoms with van der Waals surface area (Å²) in [5, 5.41) is 2.75. The van der Waals surface area contributed by atoms with Gasteiger partial charge in [-0.3, -0.25) is 0 Å². The summed E-state index contributed by atoms with van der Waals surface area (Å²) in [5.74, 6) is 0. The van der Waals surface area contributed by atoms with Gasteiger partial charge in [-0.2, -0.15) is 0 Å². The zero-order chi connectivity index (χ0) is 11.9. The van der Waals surface area contributed by atoms with Crippen LogP contribution in [0.15, 0.2) is 48.5 Å². The highest BCUT2D eigenvalue weighted by atomic mass is 14.0. The van der Waals surface area contributed by atoms with Gasteiger partial charge in [-0.25, -0.2) is 0 Å². The number of hydrogen-bond acceptors (Lipinski definition) is 0. The van der Waals surface area contributed by atoms with Crippen LogP contribution in [0.1, 0.15) is 31.2 Å². The average Bonchev–Trinajstić information content (AvgIpc) is 2.39. The number of fused-ring (bicyclic) bond motifs is 1. The molecule has 0 saturated carbocycles. The molecule has 1 radical (unpaired) electrons. The Morgan fingerprint density at radius 1 is 0.882 bits per heavy atom. The highest BCUT2D eigenvalue weighted by Crippen LogP contribution is 2.20. The van der Waals surface area contributed by atoms with Crippen molar-refractivity contribution in [1.29, 1.82) is 0 Å². The molecule has 0 fully saturated rings. The van der Waals surface area contributed by atoms with E-state index in [1.807, 2.05) is 0 Å². The van der Waals surface area contributed by atoms with Crippen molar-refractivity contribution in [1.82, 2.24) is 0 Å². The number of hydrogen-bond donors (Lipinski definition) is 0. The van der Waals surface area contributed by atoms with Gasteiger partial charge in [0, 0.05) is 0 Å². The molecule has 0 aliphatic heterocycles. The van der Waals surface area contributed by atoms with E-state index in [9.17, 15) is 0 Å². The lowest BCUT2D eigenvalue weighted by Crippen LogP contribution is -1.87. The van der Waals surface area contributed by atoms with E-state index in [0.29, 0.717) is 0 Å². The molecule has 0 unspecified atom stereocenters. The van der Waals surface area contributed by atoms with Crippen molar-refractivity contribution < 1.29 is 0 Å². The summed E-state index contributed by atoms with van der Waals surface area (Å²) in [7, 11) is 0. The summed E-state index contributed by atoms with van der Waals surface area (Å²) in [6.45, 7) is 5.37. The second-order valence-electron chi connectivity index (χ2n) is 4.47. The minimum atomic E-state index is 1.04. The topological polar surface area (TPSA) is 0 Å². The molecule has 2 aromatic rings. The summed E-state index contributed by atoms with van der Waals surface area (Å²) in [4.78, 5) is 0. The molecule has 17 heavy (non-hydrogen) atoms. The van der Waals surface area contributed by atoms with E-state index in [4.69, 9.17) is 6.58 Å². The van der Waals surface area contributed by atoms with E-state index in [1.165, 1.54) is 42.0 Å². The van der Waals surface area contributed by atoms with Crippen LogP contribution < -0.4 is 0 Å². The molecule has 87 valence electrons. The molecule has 2 rings (SSSR count). The van der Waals surface area contributed by atoms with Crippen molar-refractivity contribution in [2.24, 2.45) is 0 Å². The molecule has 0 saturated heterocycles. The van der Waals surface area contributed by atoms with Crippen molar-refractivity contribution >= 4 is 10.8 Å². The number of rotatable bonds is 6. The second kappa shape index (κ2) is 6.24. The molecule has 2 aromatic carbocycles. The molecule has 0 heteroatoms. The third kappa shape index (κ3) is 3.20. The molecule has 0 bridgehead atoms. The largest absolute Gasteiger partial charge is 0.0845 e. The van der Waals surface area contributed by atoms with Gasteiger partial charge in [0.1, 0.15) is 0 Å². The van der Waals surface area contributed by atoms with Gasteiger partial charge in [0.15, 0.2) is 0 Å². The quantitative estimate of drug-likeness (QED) is 0.609. The molecule has 0 aromatic heterocycles. The predicted octanol–water partition coefficient (Wildman–Crippen LogP) is 4.93. The predicted molar refractivity (Wildman–Crippen MR) is 75.0 cm³/mol. The van der Waals surface area contributed by atoms with Crippen LogP contribution in [0.4, 0.5) is 0 Å². The Balaban J connectivity index is 2.01. The Morgan fingerprint density at radius 3 is 2.59 bits per heavy atom. The van der Waals surface area contributed by atoms with E-state index in [-0.39, 0.29) is 0 Å². The summed E-state index contributed by atoms with van der Waals surface area (Å²) < 4.78 is 0. The molecular weight excluding hydrogens is 204 g/mol. The first-order chi connectivity index (χ1) is 8.42. The maximum absolute atomic E-state index is 5.37. The standard InChI is InChI=1S/C17H19/c1-2-3-4-5-6-10-15-12-9-13-16-11-7-8-14-17(15)16/h1-2,7-9,11-14H,3-6,10H2. The van der Waals surface area contributed by atoms with Crippen molar-refractivity contribution in [3.8, 4) is 0 Å².